The van der Waals surface area contributed by atoms with Crippen molar-refractivity contribution in [3.8, 4) is 10.6 Å². The van der Waals surface area contributed by atoms with E-state index in [4.69, 9.17) is 0 Å². The first kappa shape index (κ1) is 23.9. The second-order valence-electron chi connectivity index (χ2n) is 8.81. The fourth-order valence-electron chi connectivity index (χ4n) is 4.32. The third-order valence-corrected chi connectivity index (χ3v) is 7.26. The Morgan fingerprint density at radius 3 is 2.44 bits per heavy atom. The predicted molar refractivity (Wildman–Crippen MR) is 135 cm³/mol. The van der Waals surface area contributed by atoms with E-state index in [1.165, 1.54) is 11.3 Å². The van der Waals surface area contributed by atoms with Crippen molar-refractivity contribution in [2.45, 2.75) is 26.3 Å². The van der Waals surface area contributed by atoms with Crippen molar-refractivity contribution in [1.29, 1.82) is 0 Å². The Bertz CT molecular complexity index is 1250. The van der Waals surface area contributed by atoms with Gasteiger partial charge in [0.05, 0.1) is 22.2 Å². The molecule has 7 heteroatoms. The Morgan fingerprint density at radius 2 is 1.76 bits per heavy atom. The number of hydrogen-bond donors (Lipinski definition) is 1. The van der Waals surface area contributed by atoms with Gasteiger partial charge in [-0.1, -0.05) is 54.6 Å². The van der Waals surface area contributed by atoms with Gasteiger partial charge in [-0.25, -0.2) is 4.98 Å². The molecule has 0 fully saturated rings. The molecule has 1 aliphatic heterocycles. The van der Waals surface area contributed by atoms with Crippen molar-refractivity contribution >= 4 is 23.0 Å². The van der Waals surface area contributed by atoms with Crippen LogP contribution in [0.1, 0.15) is 39.0 Å². The first-order chi connectivity index (χ1) is 16.3. The van der Waals surface area contributed by atoms with Gasteiger partial charge in [-0.15, -0.1) is 11.3 Å². The van der Waals surface area contributed by atoms with Crippen molar-refractivity contribution in [3.63, 3.8) is 0 Å². The largest absolute Gasteiger partial charge is 0.503 e. The van der Waals surface area contributed by atoms with E-state index >= 15 is 0 Å². The van der Waals surface area contributed by atoms with Crippen molar-refractivity contribution in [2.75, 3.05) is 27.2 Å². The van der Waals surface area contributed by atoms with Crippen LogP contribution >= 0.6 is 11.3 Å². The second kappa shape index (κ2) is 9.91. The quantitative estimate of drug-likeness (QED) is 0.466. The summed E-state index contributed by atoms with van der Waals surface area (Å²) in [6, 6.07) is 16.8. The van der Waals surface area contributed by atoms with Crippen LogP contribution in [0.4, 0.5) is 0 Å². The lowest BCUT2D eigenvalue weighted by Gasteiger charge is -2.28. The fraction of sp³-hybridized carbons (Fsp3) is 0.296. The highest BCUT2D eigenvalue weighted by molar-refractivity contribution is 7.17. The van der Waals surface area contributed by atoms with Gasteiger partial charge in [0.1, 0.15) is 5.01 Å². The highest BCUT2D eigenvalue weighted by Gasteiger charge is 2.44. The molecule has 1 unspecified atom stereocenters. The molecule has 2 aromatic carbocycles. The molecular weight excluding hydrogens is 446 g/mol. The van der Waals surface area contributed by atoms with E-state index in [0.29, 0.717) is 17.1 Å². The van der Waals surface area contributed by atoms with Gasteiger partial charge in [-0.05, 0) is 52.0 Å². The summed E-state index contributed by atoms with van der Waals surface area (Å²) in [4.78, 5) is 35.8. The highest BCUT2D eigenvalue weighted by Crippen LogP contribution is 2.41. The number of aromatic nitrogens is 1. The van der Waals surface area contributed by atoms with E-state index in [2.05, 4.69) is 9.88 Å². The Kier molecular flexibility index (Phi) is 6.95. The average Bonchev–Trinajstić information content (AvgIpc) is 3.32. The molecule has 4 rings (SSSR count). The minimum atomic E-state index is -0.634. The molecule has 34 heavy (non-hydrogen) atoms. The first-order valence-electron chi connectivity index (χ1n) is 11.3. The van der Waals surface area contributed by atoms with Crippen LogP contribution in [0, 0.1) is 13.8 Å². The van der Waals surface area contributed by atoms with E-state index in [-0.39, 0.29) is 11.4 Å². The number of ketones is 1. The van der Waals surface area contributed by atoms with Crippen molar-refractivity contribution in [2.24, 2.45) is 0 Å². The lowest BCUT2D eigenvalue weighted by atomic mass is 9.92. The summed E-state index contributed by atoms with van der Waals surface area (Å²) in [6.45, 7) is 4.99. The number of carbonyl (C=O) groups excluding carboxylic acids is 2. The van der Waals surface area contributed by atoms with Gasteiger partial charge in [0.15, 0.2) is 5.76 Å². The summed E-state index contributed by atoms with van der Waals surface area (Å²) in [5, 5.41) is 11.7. The molecule has 1 amide bonds. The minimum absolute atomic E-state index is 0.135. The van der Waals surface area contributed by atoms with Crippen LogP contribution in [0.3, 0.4) is 0 Å². The number of benzene rings is 2. The van der Waals surface area contributed by atoms with Crippen LogP contribution in [0.5, 0.6) is 0 Å². The number of hydrogen-bond acceptors (Lipinski definition) is 6. The SMILES string of the molecule is Cc1ccccc1C1C(C(=O)c2sc(-c3ccccc3)nc2C)=C(O)C(=O)N1CCCN(C)C. The molecule has 0 radical (unpaired) electrons. The number of nitrogens with zero attached hydrogens (tertiary/aromatic N) is 3. The van der Waals surface area contributed by atoms with Crippen molar-refractivity contribution in [1.82, 2.24) is 14.8 Å². The first-order valence-corrected chi connectivity index (χ1v) is 12.1. The lowest BCUT2D eigenvalue weighted by molar-refractivity contribution is -0.129. The number of amides is 1. The Hall–Kier alpha value is -3.29. The highest BCUT2D eigenvalue weighted by atomic mass is 32.1. The van der Waals surface area contributed by atoms with Gasteiger partial charge in [0.25, 0.3) is 5.91 Å². The van der Waals surface area contributed by atoms with Crippen LogP contribution in [0.25, 0.3) is 10.6 Å². The molecule has 0 saturated carbocycles. The number of aryl methyl sites for hydroxylation is 2. The molecule has 1 aliphatic rings. The van der Waals surface area contributed by atoms with Gasteiger partial charge in [0.2, 0.25) is 5.78 Å². The summed E-state index contributed by atoms with van der Waals surface area (Å²) in [6.07, 6.45) is 0.730. The molecule has 6 nitrogen and oxygen atoms in total. The van der Waals surface area contributed by atoms with Gasteiger partial charge < -0.3 is 14.9 Å². The summed E-state index contributed by atoms with van der Waals surface area (Å²) in [5.41, 5.74) is 3.46. The van der Waals surface area contributed by atoms with Crippen LogP contribution in [0.2, 0.25) is 0 Å². The molecule has 0 aliphatic carbocycles. The smallest absolute Gasteiger partial charge is 0.290 e. The third kappa shape index (κ3) is 4.54. The van der Waals surface area contributed by atoms with Gasteiger partial charge in [-0.2, -0.15) is 0 Å². The average molecular weight is 476 g/mol. The summed E-state index contributed by atoms with van der Waals surface area (Å²) >= 11 is 1.29. The topological polar surface area (TPSA) is 73.7 Å². The molecule has 1 aromatic heterocycles. The van der Waals surface area contributed by atoms with E-state index in [1.54, 1.807) is 11.8 Å². The molecular formula is C27H29N3O3S. The van der Waals surface area contributed by atoms with Crippen LogP contribution in [-0.2, 0) is 4.79 Å². The Balaban J connectivity index is 1.75. The molecule has 2 heterocycles. The molecule has 0 spiro atoms. The van der Waals surface area contributed by atoms with E-state index < -0.39 is 17.7 Å². The molecule has 1 N–H and O–H groups in total. The maximum absolute atomic E-state index is 13.9. The number of Topliss-reactive ketones (excluding diaryl/α,β-unsaturated/α-hetero) is 1. The molecule has 0 saturated heterocycles. The van der Waals surface area contributed by atoms with Crippen molar-refractivity contribution < 1.29 is 14.7 Å². The van der Waals surface area contributed by atoms with E-state index in [1.807, 2.05) is 75.6 Å². The number of carbonyl (C=O) groups is 2. The fourth-order valence-corrected chi connectivity index (χ4v) is 5.35. The van der Waals surface area contributed by atoms with Gasteiger partial charge in [0, 0.05) is 12.1 Å². The predicted octanol–water partition coefficient (Wildman–Crippen LogP) is 4.96. The zero-order valence-electron chi connectivity index (χ0n) is 19.9. The van der Waals surface area contributed by atoms with E-state index in [9.17, 15) is 14.7 Å². The Labute approximate surface area is 204 Å². The van der Waals surface area contributed by atoms with Crippen LogP contribution in [-0.4, -0.2) is 58.8 Å². The molecule has 1 atom stereocenters. The standard InChI is InChI=1S/C27H29N3O3S/c1-17-11-8-9-14-20(17)22-21(24(32)27(33)30(22)16-10-15-29(3)4)23(31)25-18(2)28-26(34-25)19-12-6-5-7-13-19/h5-9,11-14,22,32H,10,15-16H2,1-4H3. The van der Waals surface area contributed by atoms with Crippen LogP contribution in [0.15, 0.2) is 65.9 Å². The normalized spacial score (nSPS) is 16.1. The van der Waals surface area contributed by atoms with Crippen molar-refractivity contribution in [3.05, 3.63) is 87.6 Å². The van der Waals surface area contributed by atoms with Crippen LogP contribution < -0.4 is 0 Å². The van der Waals surface area contributed by atoms with E-state index in [0.717, 1.165) is 34.7 Å². The Morgan fingerprint density at radius 1 is 1.09 bits per heavy atom. The summed E-state index contributed by atoms with van der Waals surface area (Å²) in [5.74, 6) is -1.30. The second-order valence-corrected chi connectivity index (χ2v) is 9.80. The zero-order valence-corrected chi connectivity index (χ0v) is 20.7. The monoisotopic (exact) mass is 475 g/mol. The van der Waals surface area contributed by atoms with Gasteiger partial charge >= 0.3 is 0 Å². The molecule has 176 valence electrons. The molecule has 3 aromatic rings. The number of rotatable bonds is 8. The summed E-state index contributed by atoms with van der Waals surface area (Å²) < 4.78 is 0. The summed E-state index contributed by atoms with van der Waals surface area (Å²) in [7, 11) is 3.96. The zero-order chi connectivity index (χ0) is 24.4. The maximum Gasteiger partial charge on any atom is 0.290 e. The molecule has 0 bridgehead atoms. The number of aliphatic hydroxyl groups excluding tert-OH is 1. The van der Waals surface area contributed by atoms with Gasteiger partial charge in [-0.3, -0.25) is 9.59 Å². The maximum atomic E-state index is 13.9. The number of thiazole rings is 1. The minimum Gasteiger partial charge on any atom is -0.503 e. The number of aliphatic hydroxyl groups is 1. The lowest BCUT2D eigenvalue weighted by Crippen LogP contribution is -2.33. The third-order valence-electron chi connectivity index (χ3n) is 6.06.